The summed E-state index contributed by atoms with van der Waals surface area (Å²) in [7, 11) is 0. The van der Waals surface area contributed by atoms with E-state index in [0.29, 0.717) is 16.5 Å². The largest absolute Gasteiger partial charge is 0.353 e. The summed E-state index contributed by atoms with van der Waals surface area (Å²) in [5.74, 6) is 0.597. The lowest BCUT2D eigenvalue weighted by atomic mass is 10.2. The maximum atomic E-state index is 11.7. The Bertz CT molecular complexity index is 979. The van der Waals surface area contributed by atoms with Gasteiger partial charge < -0.3 is 10.6 Å². The monoisotopic (exact) mass is 370 g/mol. The molecule has 26 heavy (non-hydrogen) atoms. The van der Waals surface area contributed by atoms with E-state index in [1.165, 1.54) is 6.33 Å². The standard InChI is InChI=1S/C17H15ClN6O2/c1-10-5-4-8-19-15(10)23-17-14(24(25)26)16(20-9-21-17)22-13-7-3-6-12(18)11(13)2/h3-9H,1-2H3,(H2,19,20,21,22,23). The highest BCUT2D eigenvalue weighted by Gasteiger charge is 2.24. The van der Waals surface area contributed by atoms with E-state index in [4.69, 9.17) is 11.6 Å². The molecule has 0 fully saturated rings. The lowest BCUT2D eigenvalue weighted by Gasteiger charge is -2.12. The number of aryl methyl sites for hydroxylation is 1. The molecule has 0 saturated carbocycles. The van der Waals surface area contributed by atoms with E-state index in [0.717, 1.165) is 11.1 Å². The Morgan fingerprint density at radius 3 is 2.42 bits per heavy atom. The molecule has 0 saturated heterocycles. The number of aromatic nitrogens is 3. The minimum Gasteiger partial charge on any atom is -0.334 e. The van der Waals surface area contributed by atoms with Crippen LogP contribution in [-0.2, 0) is 0 Å². The number of nitro groups is 1. The van der Waals surface area contributed by atoms with Crippen LogP contribution in [0.2, 0.25) is 5.02 Å². The molecule has 0 spiro atoms. The molecule has 0 amide bonds. The molecule has 2 aromatic heterocycles. The van der Waals surface area contributed by atoms with Crippen molar-refractivity contribution in [2.75, 3.05) is 10.6 Å². The molecule has 8 nitrogen and oxygen atoms in total. The maximum absolute atomic E-state index is 11.7. The summed E-state index contributed by atoms with van der Waals surface area (Å²) in [4.78, 5) is 23.3. The highest BCUT2D eigenvalue weighted by Crippen LogP contribution is 2.34. The molecule has 3 rings (SSSR count). The van der Waals surface area contributed by atoms with Gasteiger partial charge in [-0.15, -0.1) is 0 Å². The Labute approximate surface area is 154 Å². The van der Waals surface area contributed by atoms with E-state index in [1.54, 1.807) is 30.5 Å². The first-order valence-electron chi connectivity index (χ1n) is 7.67. The summed E-state index contributed by atoms with van der Waals surface area (Å²) in [5.41, 5.74) is 1.94. The second kappa shape index (κ2) is 7.32. The third-order valence-electron chi connectivity index (χ3n) is 3.77. The summed E-state index contributed by atoms with van der Waals surface area (Å²) in [6.07, 6.45) is 2.84. The van der Waals surface area contributed by atoms with Gasteiger partial charge in [0.05, 0.1) is 4.92 Å². The Hall–Kier alpha value is -3.26. The van der Waals surface area contributed by atoms with Crippen molar-refractivity contribution in [3.63, 3.8) is 0 Å². The number of anilines is 4. The molecular formula is C17H15ClN6O2. The topological polar surface area (TPSA) is 106 Å². The second-order valence-corrected chi connectivity index (χ2v) is 5.92. The van der Waals surface area contributed by atoms with Gasteiger partial charge in [0.2, 0.25) is 11.6 Å². The van der Waals surface area contributed by atoms with E-state index in [2.05, 4.69) is 25.6 Å². The van der Waals surface area contributed by atoms with Crippen LogP contribution in [0.1, 0.15) is 11.1 Å². The summed E-state index contributed by atoms with van der Waals surface area (Å²) in [6.45, 7) is 3.66. The fraction of sp³-hybridized carbons (Fsp3) is 0.118. The van der Waals surface area contributed by atoms with Gasteiger partial charge in [-0.2, -0.15) is 0 Å². The number of rotatable bonds is 5. The molecule has 2 N–H and O–H groups in total. The number of benzene rings is 1. The normalized spacial score (nSPS) is 10.4. The van der Waals surface area contributed by atoms with Crippen LogP contribution in [-0.4, -0.2) is 19.9 Å². The van der Waals surface area contributed by atoms with Crippen LogP contribution in [0.3, 0.4) is 0 Å². The molecule has 0 aliphatic heterocycles. The lowest BCUT2D eigenvalue weighted by molar-refractivity contribution is -0.383. The van der Waals surface area contributed by atoms with Crippen LogP contribution in [0.15, 0.2) is 42.9 Å². The predicted octanol–water partition coefficient (Wildman–Crippen LogP) is 4.54. The Morgan fingerprint density at radius 2 is 1.73 bits per heavy atom. The molecule has 0 aliphatic rings. The fourth-order valence-corrected chi connectivity index (χ4v) is 2.51. The van der Waals surface area contributed by atoms with Gasteiger partial charge in [0.1, 0.15) is 12.1 Å². The van der Waals surface area contributed by atoms with E-state index in [1.807, 2.05) is 19.9 Å². The quantitative estimate of drug-likeness (QED) is 0.501. The smallest absolute Gasteiger partial charge is 0.334 e. The number of halogens is 1. The third kappa shape index (κ3) is 3.55. The summed E-state index contributed by atoms with van der Waals surface area (Å²) in [5, 5.41) is 18.1. The molecule has 0 bridgehead atoms. The number of hydrogen-bond acceptors (Lipinski definition) is 7. The van der Waals surface area contributed by atoms with Crippen LogP contribution < -0.4 is 10.6 Å². The molecule has 9 heteroatoms. The average molecular weight is 371 g/mol. The van der Waals surface area contributed by atoms with Gasteiger partial charge in [-0.05, 0) is 43.2 Å². The van der Waals surface area contributed by atoms with Gasteiger partial charge in [-0.3, -0.25) is 10.1 Å². The van der Waals surface area contributed by atoms with Crippen molar-refractivity contribution in [3.8, 4) is 0 Å². The minimum absolute atomic E-state index is 0.0500. The Kier molecular flexibility index (Phi) is 4.94. The first-order chi connectivity index (χ1) is 12.5. The van der Waals surface area contributed by atoms with E-state index in [9.17, 15) is 10.1 Å². The molecule has 3 aromatic rings. The fourth-order valence-electron chi connectivity index (χ4n) is 2.33. The molecule has 0 atom stereocenters. The van der Waals surface area contributed by atoms with Gasteiger partial charge in [-0.25, -0.2) is 15.0 Å². The first-order valence-corrected chi connectivity index (χ1v) is 8.05. The van der Waals surface area contributed by atoms with E-state index in [-0.39, 0.29) is 17.3 Å². The molecule has 0 unspecified atom stereocenters. The lowest BCUT2D eigenvalue weighted by Crippen LogP contribution is -2.07. The molecular weight excluding hydrogens is 356 g/mol. The van der Waals surface area contributed by atoms with Gasteiger partial charge >= 0.3 is 5.69 Å². The van der Waals surface area contributed by atoms with Gasteiger partial charge in [0, 0.05) is 16.9 Å². The van der Waals surface area contributed by atoms with E-state index >= 15 is 0 Å². The summed E-state index contributed by atoms with van der Waals surface area (Å²) in [6, 6.07) is 8.89. The Balaban J connectivity index is 2.03. The van der Waals surface area contributed by atoms with Crippen molar-refractivity contribution in [2.24, 2.45) is 0 Å². The van der Waals surface area contributed by atoms with Crippen molar-refractivity contribution in [3.05, 3.63) is 69.1 Å². The molecule has 0 radical (unpaired) electrons. The highest BCUT2D eigenvalue weighted by atomic mass is 35.5. The molecule has 1 aromatic carbocycles. The first kappa shape index (κ1) is 17.6. The minimum atomic E-state index is -0.539. The summed E-state index contributed by atoms with van der Waals surface area (Å²) < 4.78 is 0. The predicted molar refractivity (Wildman–Crippen MR) is 100 cm³/mol. The van der Waals surface area contributed by atoms with Crippen LogP contribution >= 0.6 is 11.6 Å². The summed E-state index contributed by atoms with van der Waals surface area (Å²) >= 11 is 6.11. The third-order valence-corrected chi connectivity index (χ3v) is 4.18. The molecule has 0 aliphatic carbocycles. The van der Waals surface area contributed by atoms with Gasteiger partial charge in [0.25, 0.3) is 0 Å². The van der Waals surface area contributed by atoms with E-state index < -0.39 is 4.92 Å². The zero-order chi connectivity index (χ0) is 18.7. The van der Waals surface area contributed by atoms with Gasteiger partial charge in [-0.1, -0.05) is 23.7 Å². The van der Waals surface area contributed by atoms with Crippen LogP contribution in [0.25, 0.3) is 0 Å². The number of pyridine rings is 1. The second-order valence-electron chi connectivity index (χ2n) is 5.51. The molecule has 2 heterocycles. The van der Waals surface area contributed by atoms with Crippen molar-refractivity contribution in [2.45, 2.75) is 13.8 Å². The zero-order valence-corrected chi connectivity index (χ0v) is 14.8. The number of nitrogens with one attached hydrogen (secondary N) is 2. The average Bonchev–Trinajstić information content (AvgIpc) is 2.61. The number of hydrogen-bond donors (Lipinski definition) is 2. The molecule has 132 valence electrons. The van der Waals surface area contributed by atoms with Gasteiger partial charge in [0.15, 0.2) is 0 Å². The maximum Gasteiger partial charge on any atom is 0.353 e. The SMILES string of the molecule is Cc1cccnc1Nc1ncnc(Nc2cccc(Cl)c2C)c1[N+](=O)[O-]. The Morgan fingerprint density at radius 1 is 1.00 bits per heavy atom. The van der Waals surface area contributed by atoms with Crippen LogP contribution in [0.4, 0.5) is 28.8 Å². The van der Waals surface area contributed by atoms with Crippen molar-refractivity contribution in [1.82, 2.24) is 15.0 Å². The zero-order valence-electron chi connectivity index (χ0n) is 14.0. The highest BCUT2D eigenvalue weighted by molar-refractivity contribution is 6.31. The van der Waals surface area contributed by atoms with Crippen molar-refractivity contribution >= 4 is 40.4 Å². The van der Waals surface area contributed by atoms with Crippen molar-refractivity contribution < 1.29 is 4.92 Å². The van der Waals surface area contributed by atoms with Crippen molar-refractivity contribution in [1.29, 1.82) is 0 Å². The number of nitrogens with zero attached hydrogens (tertiary/aromatic N) is 4. The van der Waals surface area contributed by atoms with Crippen LogP contribution in [0, 0.1) is 24.0 Å². The van der Waals surface area contributed by atoms with Crippen LogP contribution in [0.5, 0.6) is 0 Å².